The van der Waals surface area contributed by atoms with Crippen molar-refractivity contribution in [3.63, 3.8) is 0 Å². The van der Waals surface area contributed by atoms with Crippen LogP contribution in [-0.2, 0) is 19.1 Å². The number of aliphatic carboxylic acids is 1. The molecule has 0 fully saturated rings. The first-order valence-corrected chi connectivity index (χ1v) is 14.4. The summed E-state index contributed by atoms with van der Waals surface area (Å²) in [5, 5.41) is 20.5. The zero-order valence-electron chi connectivity index (χ0n) is 22.8. The molecule has 0 bridgehead atoms. The molecular formula is C27H44F3NO6S. The number of carboxylic acid groups (broad SMARTS) is 1. The third-order valence-corrected chi connectivity index (χ3v) is 7.37. The Morgan fingerprint density at radius 2 is 1.53 bits per heavy atom. The van der Waals surface area contributed by atoms with E-state index in [2.05, 4.69) is 23.5 Å². The molecule has 11 heteroatoms. The number of halogens is 3. The Morgan fingerprint density at radius 3 is 2.03 bits per heavy atom. The fourth-order valence-corrected chi connectivity index (χ4v) is 4.71. The third kappa shape index (κ3) is 17.6. The van der Waals surface area contributed by atoms with E-state index in [1.165, 1.54) is 51.9 Å². The number of rotatable bonds is 20. The average Bonchev–Trinajstić information content (AvgIpc) is 2.87. The second kappa shape index (κ2) is 21.0. The zero-order valence-corrected chi connectivity index (χ0v) is 23.6. The molecule has 4 atom stereocenters. The molecule has 1 unspecified atom stereocenters. The normalized spacial score (nSPS) is 14.5. The number of amides is 1. The number of thioether (sulfide) groups is 1. The molecule has 0 aliphatic rings. The molecule has 1 amide bonds. The van der Waals surface area contributed by atoms with E-state index in [1.807, 2.05) is 0 Å². The Labute approximate surface area is 229 Å². The highest BCUT2D eigenvalue weighted by molar-refractivity contribution is 8.00. The van der Waals surface area contributed by atoms with Crippen molar-refractivity contribution in [2.24, 2.45) is 5.92 Å². The van der Waals surface area contributed by atoms with Gasteiger partial charge in [-0.15, -0.1) is 17.7 Å². The number of carbonyl (C=O) groups excluding carboxylic acids is 2. The van der Waals surface area contributed by atoms with Gasteiger partial charge >= 0.3 is 24.0 Å². The number of aliphatic hydroxyl groups excluding tert-OH is 1. The number of hydrogen-bond acceptors (Lipinski definition) is 6. The molecule has 3 N–H and O–H groups in total. The Kier molecular flexibility index (Phi) is 19.9. The largest absolute Gasteiger partial charge is 0.481 e. The average molecular weight is 568 g/mol. The highest BCUT2D eigenvalue weighted by atomic mass is 32.2. The van der Waals surface area contributed by atoms with Crippen LogP contribution in [0.4, 0.5) is 13.2 Å². The van der Waals surface area contributed by atoms with Crippen molar-refractivity contribution in [2.75, 3.05) is 12.9 Å². The molecule has 220 valence electrons. The van der Waals surface area contributed by atoms with Gasteiger partial charge in [0.25, 0.3) is 0 Å². The van der Waals surface area contributed by atoms with E-state index in [1.54, 1.807) is 5.32 Å². The van der Waals surface area contributed by atoms with Crippen LogP contribution in [0.15, 0.2) is 0 Å². The number of ether oxygens (including phenoxy) is 1. The summed E-state index contributed by atoms with van der Waals surface area (Å²) >= 11 is 0.923. The SMILES string of the molecule is CCCCCCCCCCCCC#C[C@@H](SC[C@H](NC(=O)C(F)(F)F)C(=O)OC)[C@@H](O)CCC(C)C(=O)O. The van der Waals surface area contributed by atoms with Gasteiger partial charge in [0.05, 0.1) is 24.4 Å². The summed E-state index contributed by atoms with van der Waals surface area (Å²) in [7, 11) is 0.992. The van der Waals surface area contributed by atoms with Gasteiger partial charge in [0.2, 0.25) is 0 Å². The second-order valence-electron chi connectivity index (χ2n) is 9.44. The number of unbranched alkanes of at least 4 members (excludes halogenated alkanes) is 10. The van der Waals surface area contributed by atoms with Gasteiger partial charge in [0, 0.05) is 12.2 Å². The van der Waals surface area contributed by atoms with E-state index in [9.17, 15) is 32.7 Å². The third-order valence-electron chi connectivity index (χ3n) is 6.06. The summed E-state index contributed by atoms with van der Waals surface area (Å²) < 4.78 is 42.5. The summed E-state index contributed by atoms with van der Waals surface area (Å²) in [6.07, 6.45) is 6.39. The molecule has 0 spiro atoms. The molecule has 0 rings (SSSR count). The van der Waals surface area contributed by atoms with Crippen LogP contribution in [0.25, 0.3) is 0 Å². The lowest BCUT2D eigenvalue weighted by atomic mass is 10.0. The molecule has 0 aromatic rings. The molecule has 0 heterocycles. The van der Waals surface area contributed by atoms with Gasteiger partial charge in [0.15, 0.2) is 0 Å². The van der Waals surface area contributed by atoms with E-state index in [0.29, 0.717) is 6.42 Å². The van der Waals surface area contributed by atoms with E-state index < -0.39 is 47.3 Å². The van der Waals surface area contributed by atoms with E-state index in [-0.39, 0.29) is 18.6 Å². The van der Waals surface area contributed by atoms with Crippen LogP contribution in [0.5, 0.6) is 0 Å². The highest BCUT2D eigenvalue weighted by Crippen LogP contribution is 2.22. The number of nitrogens with one attached hydrogen (secondary N) is 1. The number of aliphatic hydroxyl groups is 1. The molecule has 0 radical (unpaired) electrons. The maximum absolute atomic E-state index is 12.7. The minimum absolute atomic E-state index is 0.107. The minimum atomic E-state index is -5.17. The summed E-state index contributed by atoms with van der Waals surface area (Å²) in [5.41, 5.74) is 0. The van der Waals surface area contributed by atoms with Crippen LogP contribution in [0.3, 0.4) is 0 Å². The molecule has 0 saturated heterocycles. The lowest BCUT2D eigenvalue weighted by Gasteiger charge is -2.22. The van der Waals surface area contributed by atoms with Crippen LogP contribution in [0, 0.1) is 17.8 Å². The molecule has 38 heavy (non-hydrogen) atoms. The van der Waals surface area contributed by atoms with Gasteiger partial charge in [-0.2, -0.15) is 13.2 Å². The number of alkyl halides is 3. The van der Waals surface area contributed by atoms with Crippen molar-refractivity contribution in [1.29, 1.82) is 0 Å². The monoisotopic (exact) mass is 567 g/mol. The maximum Gasteiger partial charge on any atom is 0.471 e. The Morgan fingerprint density at radius 1 is 0.974 bits per heavy atom. The molecule has 0 aromatic heterocycles. The molecule has 0 saturated carbocycles. The Balaban J connectivity index is 4.94. The minimum Gasteiger partial charge on any atom is -0.481 e. The fraction of sp³-hybridized carbons (Fsp3) is 0.815. The summed E-state index contributed by atoms with van der Waals surface area (Å²) in [6, 6.07) is -1.59. The van der Waals surface area contributed by atoms with Crippen LogP contribution in [-0.4, -0.2) is 64.5 Å². The van der Waals surface area contributed by atoms with Crippen LogP contribution in [0.2, 0.25) is 0 Å². The summed E-state index contributed by atoms with van der Waals surface area (Å²) in [5.74, 6) is 0.602. The number of carboxylic acids is 1. The van der Waals surface area contributed by atoms with Crippen molar-refractivity contribution in [3.8, 4) is 11.8 Å². The van der Waals surface area contributed by atoms with Crippen LogP contribution < -0.4 is 5.32 Å². The topological polar surface area (TPSA) is 113 Å². The Bertz CT molecular complexity index is 753. The quantitative estimate of drug-likeness (QED) is 0.101. The lowest BCUT2D eigenvalue weighted by Crippen LogP contribution is -2.49. The van der Waals surface area contributed by atoms with E-state index in [0.717, 1.165) is 38.1 Å². The number of methoxy groups -OCH3 is 1. The predicted octanol–water partition coefficient (Wildman–Crippen LogP) is 5.48. The number of carbonyl (C=O) groups is 3. The Hall–Kier alpha value is -1.93. The van der Waals surface area contributed by atoms with Crippen molar-refractivity contribution in [2.45, 2.75) is 121 Å². The first-order chi connectivity index (χ1) is 17.9. The van der Waals surface area contributed by atoms with Crippen molar-refractivity contribution < 1.29 is 42.5 Å². The van der Waals surface area contributed by atoms with Gasteiger partial charge in [-0.3, -0.25) is 9.59 Å². The number of hydrogen-bond donors (Lipinski definition) is 3. The molecule has 0 aliphatic heterocycles. The van der Waals surface area contributed by atoms with Gasteiger partial charge in [-0.25, -0.2) is 4.79 Å². The smallest absolute Gasteiger partial charge is 0.471 e. The second-order valence-corrected chi connectivity index (χ2v) is 10.6. The fourth-order valence-electron chi connectivity index (χ4n) is 3.57. The summed E-state index contributed by atoms with van der Waals surface area (Å²) in [4.78, 5) is 34.4. The van der Waals surface area contributed by atoms with E-state index >= 15 is 0 Å². The first kappa shape index (κ1) is 36.1. The van der Waals surface area contributed by atoms with E-state index in [4.69, 9.17) is 5.11 Å². The molecule has 0 aliphatic carbocycles. The maximum atomic E-state index is 12.7. The highest BCUT2D eigenvalue weighted by Gasteiger charge is 2.41. The predicted molar refractivity (Wildman–Crippen MR) is 143 cm³/mol. The van der Waals surface area contributed by atoms with Crippen molar-refractivity contribution in [1.82, 2.24) is 5.32 Å². The first-order valence-electron chi connectivity index (χ1n) is 13.4. The van der Waals surface area contributed by atoms with Crippen molar-refractivity contribution >= 4 is 29.6 Å². The van der Waals surface area contributed by atoms with Gasteiger partial charge in [-0.1, -0.05) is 77.6 Å². The zero-order chi connectivity index (χ0) is 29.0. The van der Waals surface area contributed by atoms with Gasteiger partial charge in [0.1, 0.15) is 6.04 Å². The van der Waals surface area contributed by atoms with Crippen LogP contribution in [0.1, 0.15) is 97.3 Å². The summed E-state index contributed by atoms with van der Waals surface area (Å²) in [6.45, 7) is 3.70. The van der Waals surface area contributed by atoms with Gasteiger partial charge < -0.3 is 20.3 Å². The standard InChI is InChI=1S/C27H44F3NO6S/c1-4-5-6-7-8-9-10-11-12-13-14-15-16-23(22(32)18-17-20(2)24(33)34)38-19-21(25(35)37-3)31-26(36)27(28,29)30/h20-23,32H,4-14,17-19H2,1-3H3,(H,31,36)(H,33,34)/t20?,21-,22-,23+/m0/s1. The molecule has 0 aromatic carbocycles. The van der Waals surface area contributed by atoms with Gasteiger partial charge in [-0.05, 0) is 19.3 Å². The lowest BCUT2D eigenvalue weighted by molar-refractivity contribution is -0.175. The van der Waals surface area contributed by atoms with Crippen LogP contribution >= 0.6 is 11.8 Å². The molecular weight excluding hydrogens is 523 g/mol. The molecule has 7 nitrogen and oxygen atoms in total. The number of esters is 1. The van der Waals surface area contributed by atoms with Crippen molar-refractivity contribution in [3.05, 3.63) is 0 Å².